The average Bonchev–Trinajstić information content (AvgIpc) is 2.33. The summed E-state index contributed by atoms with van der Waals surface area (Å²) < 4.78 is 0. The molecule has 0 heterocycles. The molecule has 130 valence electrons. The van der Waals surface area contributed by atoms with E-state index in [9.17, 15) is 9.59 Å². The molecule has 0 aliphatic carbocycles. The number of carbonyl (C=O) groups excluding carboxylic acids is 2. The molecule has 0 bridgehead atoms. The topological polar surface area (TPSA) is 58.2 Å². The van der Waals surface area contributed by atoms with Crippen LogP contribution in [0.1, 0.15) is 68.2 Å². The molecule has 0 radical (unpaired) electrons. The number of Topliss-reactive ketones (excluding diaryl/α,β-unsaturated/α-hetero) is 2. The Balaban J connectivity index is 4.31. The largest absolute Gasteiger partial charge is 0.307 e. The van der Waals surface area contributed by atoms with Crippen LogP contribution in [0.2, 0.25) is 0 Å². The highest BCUT2D eigenvalue weighted by Gasteiger charge is 2.23. The van der Waals surface area contributed by atoms with Crippen LogP contribution in [0.3, 0.4) is 0 Å². The molecule has 4 nitrogen and oxygen atoms in total. The molecule has 0 rings (SSSR count). The summed E-state index contributed by atoms with van der Waals surface area (Å²) in [7, 11) is 0. The third-order valence-corrected chi connectivity index (χ3v) is 3.45. The molecule has 0 fully saturated rings. The smallest absolute Gasteiger partial charge is 0.163 e. The summed E-state index contributed by atoms with van der Waals surface area (Å²) >= 11 is 0. The Labute approximate surface area is 136 Å². The van der Waals surface area contributed by atoms with Crippen LogP contribution in [0.5, 0.6) is 0 Å². The van der Waals surface area contributed by atoms with Gasteiger partial charge < -0.3 is 10.6 Å². The quantitative estimate of drug-likeness (QED) is 0.687. The molecular weight excluding hydrogens is 276 g/mol. The normalized spacial score (nSPS) is 15.5. The second-order valence-electron chi connectivity index (χ2n) is 8.68. The maximum absolute atomic E-state index is 12.3. The fourth-order valence-corrected chi connectivity index (χ4v) is 2.08. The standard InChI is InChI=1S/C18H36N2O2/c1-9-14(20-12-18(6,7)8)16(22)11-19-13(2)15(21)10-17(3,4)5/h13-14,19-20H,9-12H2,1-8H3. The van der Waals surface area contributed by atoms with E-state index in [1.165, 1.54) is 0 Å². The van der Waals surface area contributed by atoms with Gasteiger partial charge in [-0.15, -0.1) is 0 Å². The van der Waals surface area contributed by atoms with E-state index in [1.54, 1.807) is 0 Å². The van der Waals surface area contributed by atoms with Crippen LogP contribution in [0.25, 0.3) is 0 Å². The first-order valence-corrected chi connectivity index (χ1v) is 8.38. The van der Waals surface area contributed by atoms with Crippen molar-refractivity contribution >= 4 is 11.6 Å². The molecule has 0 aromatic carbocycles. The lowest BCUT2D eigenvalue weighted by Crippen LogP contribution is -2.47. The summed E-state index contributed by atoms with van der Waals surface area (Å²) in [5.74, 6) is 0.290. The van der Waals surface area contributed by atoms with Crippen LogP contribution in [0.4, 0.5) is 0 Å². The lowest BCUT2D eigenvalue weighted by Gasteiger charge is -2.24. The number of nitrogens with one attached hydrogen (secondary N) is 2. The third kappa shape index (κ3) is 10.1. The molecule has 22 heavy (non-hydrogen) atoms. The Hall–Kier alpha value is -0.740. The first-order chi connectivity index (χ1) is 9.85. The minimum absolute atomic E-state index is 0.0166. The first-order valence-electron chi connectivity index (χ1n) is 8.38. The number of hydrogen-bond donors (Lipinski definition) is 2. The van der Waals surface area contributed by atoms with Gasteiger partial charge in [0, 0.05) is 13.0 Å². The van der Waals surface area contributed by atoms with E-state index in [0.29, 0.717) is 6.42 Å². The van der Waals surface area contributed by atoms with Gasteiger partial charge in [-0.25, -0.2) is 0 Å². The van der Waals surface area contributed by atoms with E-state index in [0.717, 1.165) is 13.0 Å². The van der Waals surface area contributed by atoms with Crippen LogP contribution >= 0.6 is 0 Å². The van der Waals surface area contributed by atoms with E-state index >= 15 is 0 Å². The highest BCUT2D eigenvalue weighted by Crippen LogP contribution is 2.19. The maximum Gasteiger partial charge on any atom is 0.163 e. The van der Waals surface area contributed by atoms with Crippen molar-refractivity contribution in [1.29, 1.82) is 0 Å². The molecule has 2 N–H and O–H groups in total. The average molecular weight is 312 g/mol. The molecule has 0 saturated heterocycles. The Morgan fingerprint density at radius 2 is 1.45 bits per heavy atom. The van der Waals surface area contributed by atoms with E-state index in [1.807, 2.05) is 34.6 Å². The van der Waals surface area contributed by atoms with Crippen molar-refractivity contribution < 1.29 is 9.59 Å². The van der Waals surface area contributed by atoms with E-state index in [2.05, 4.69) is 31.4 Å². The zero-order chi connectivity index (χ0) is 17.6. The number of carbonyl (C=O) groups is 2. The Morgan fingerprint density at radius 1 is 0.909 bits per heavy atom. The van der Waals surface area contributed by atoms with Gasteiger partial charge in [0.1, 0.15) is 5.78 Å². The molecular formula is C18H36N2O2. The van der Waals surface area contributed by atoms with Crippen molar-refractivity contribution in [2.75, 3.05) is 13.1 Å². The zero-order valence-corrected chi connectivity index (χ0v) is 15.8. The van der Waals surface area contributed by atoms with E-state index in [-0.39, 0.29) is 41.0 Å². The summed E-state index contributed by atoms with van der Waals surface area (Å²) in [5.41, 5.74) is 0.133. The van der Waals surface area contributed by atoms with Gasteiger partial charge in [-0.2, -0.15) is 0 Å². The SMILES string of the molecule is CCC(NCC(C)(C)C)C(=O)CNC(C)C(=O)CC(C)(C)C. The van der Waals surface area contributed by atoms with Crippen molar-refractivity contribution in [2.45, 2.75) is 80.3 Å². The predicted octanol–water partition coefficient (Wildman–Crippen LogP) is 2.95. The van der Waals surface area contributed by atoms with Gasteiger partial charge in [-0.05, 0) is 24.2 Å². The highest BCUT2D eigenvalue weighted by molar-refractivity contribution is 5.88. The molecule has 0 saturated carbocycles. The van der Waals surface area contributed by atoms with Gasteiger partial charge in [0.2, 0.25) is 0 Å². The Morgan fingerprint density at radius 3 is 1.86 bits per heavy atom. The molecule has 0 aromatic heterocycles. The lowest BCUT2D eigenvalue weighted by atomic mass is 9.88. The lowest BCUT2D eigenvalue weighted by molar-refractivity contribution is -0.123. The van der Waals surface area contributed by atoms with Crippen LogP contribution in [-0.4, -0.2) is 36.7 Å². The van der Waals surface area contributed by atoms with Gasteiger partial charge >= 0.3 is 0 Å². The number of rotatable bonds is 9. The van der Waals surface area contributed by atoms with E-state index < -0.39 is 0 Å². The minimum atomic E-state index is -0.275. The first kappa shape index (κ1) is 21.3. The van der Waals surface area contributed by atoms with Crippen LogP contribution < -0.4 is 10.6 Å². The molecule has 0 aliphatic heterocycles. The molecule has 2 unspecified atom stereocenters. The summed E-state index contributed by atoms with van der Waals surface area (Å²) in [6, 6.07) is -0.417. The summed E-state index contributed by atoms with van der Waals surface area (Å²) in [5, 5.41) is 6.40. The van der Waals surface area contributed by atoms with Gasteiger partial charge in [0.15, 0.2) is 5.78 Å². The monoisotopic (exact) mass is 312 g/mol. The van der Waals surface area contributed by atoms with Gasteiger partial charge in [-0.1, -0.05) is 48.5 Å². The molecule has 0 spiro atoms. The highest BCUT2D eigenvalue weighted by atomic mass is 16.1. The summed E-state index contributed by atoms with van der Waals surface area (Å²) in [6.45, 7) is 17.5. The molecule has 2 atom stereocenters. The van der Waals surface area contributed by atoms with Crippen molar-refractivity contribution in [3.8, 4) is 0 Å². The third-order valence-electron chi connectivity index (χ3n) is 3.45. The molecule has 0 aromatic rings. The molecule has 0 aliphatic rings. The maximum atomic E-state index is 12.3. The van der Waals surface area contributed by atoms with Gasteiger partial charge in [-0.3, -0.25) is 9.59 Å². The van der Waals surface area contributed by atoms with Crippen LogP contribution in [0.15, 0.2) is 0 Å². The van der Waals surface area contributed by atoms with Crippen molar-refractivity contribution in [3.63, 3.8) is 0 Å². The molecule has 4 heteroatoms. The number of hydrogen-bond acceptors (Lipinski definition) is 4. The number of ketones is 2. The Bertz CT molecular complexity index is 364. The minimum Gasteiger partial charge on any atom is -0.307 e. The van der Waals surface area contributed by atoms with E-state index in [4.69, 9.17) is 0 Å². The summed E-state index contributed by atoms with van der Waals surface area (Å²) in [4.78, 5) is 24.3. The van der Waals surface area contributed by atoms with Gasteiger partial charge in [0.25, 0.3) is 0 Å². The van der Waals surface area contributed by atoms with Gasteiger partial charge in [0.05, 0.1) is 18.6 Å². The summed E-state index contributed by atoms with van der Waals surface area (Å²) in [6.07, 6.45) is 1.29. The second kappa shape index (κ2) is 8.78. The van der Waals surface area contributed by atoms with Crippen LogP contribution in [0, 0.1) is 10.8 Å². The van der Waals surface area contributed by atoms with Crippen molar-refractivity contribution in [3.05, 3.63) is 0 Å². The van der Waals surface area contributed by atoms with Crippen molar-refractivity contribution in [1.82, 2.24) is 10.6 Å². The zero-order valence-electron chi connectivity index (χ0n) is 15.8. The Kier molecular flexibility index (Phi) is 8.48. The van der Waals surface area contributed by atoms with Crippen LogP contribution in [-0.2, 0) is 9.59 Å². The predicted molar refractivity (Wildman–Crippen MR) is 93.1 cm³/mol. The fourth-order valence-electron chi connectivity index (χ4n) is 2.08. The second-order valence-corrected chi connectivity index (χ2v) is 8.68. The van der Waals surface area contributed by atoms with Crippen molar-refractivity contribution in [2.24, 2.45) is 10.8 Å². The molecule has 0 amide bonds. The fraction of sp³-hybridized carbons (Fsp3) is 0.889.